The number of nitrogens with zero attached hydrogens (tertiary/aromatic N) is 2. The maximum absolute atomic E-state index is 13.0. The summed E-state index contributed by atoms with van der Waals surface area (Å²) in [5.74, 6) is -0.649. The summed E-state index contributed by atoms with van der Waals surface area (Å²) in [6, 6.07) is -1.06. The van der Waals surface area contributed by atoms with Crippen LogP contribution >= 0.6 is 0 Å². The first-order valence-electron chi connectivity index (χ1n) is 9.85. The van der Waals surface area contributed by atoms with Crippen LogP contribution in [0.5, 0.6) is 0 Å². The molecule has 152 valence electrons. The largest absolute Gasteiger partial charge is 0.334 e. The van der Waals surface area contributed by atoms with Crippen molar-refractivity contribution in [3.63, 3.8) is 0 Å². The molecule has 0 bridgehead atoms. The van der Waals surface area contributed by atoms with E-state index in [1.54, 1.807) is 4.90 Å². The molecule has 4 amide bonds. The number of carbonyl (C=O) groups is 3. The lowest BCUT2D eigenvalue weighted by Crippen LogP contribution is -2.52. The van der Waals surface area contributed by atoms with Crippen molar-refractivity contribution < 1.29 is 22.8 Å². The SMILES string of the molecule is CC[C@@H](C)N(C(=O)CN1C(=O)NC2(CCCCC2)C1=O)[C@@H]1CCS(=O)(=O)C1. The van der Waals surface area contributed by atoms with Crippen LogP contribution in [0.3, 0.4) is 0 Å². The average molecular weight is 400 g/mol. The summed E-state index contributed by atoms with van der Waals surface area (Å²) < 4.78 is 23.7. The minimum Gasteiger partial charge on any atom is -0.334 e. The normalized spacial score (nSPS) is 27.6. The van der Waals surface area contributed by atoms with Crippen molar-refractivity contribution in [3.05, 3.63) is 0 Å². The van der Waals surface area contributed by atoms with Crippen molar-refractivity contribution in [2.45, 2.75) is 76.4 Å². The third-order valence-electron chi connectivity index (χ3n) is 6.20. The fourth-order valence-electron chi connectivity index (χ4n) is 4.53. The quantitative estimate of drug-likeness (QED) is 0.696. The number of imide groups is 1. The van der Waals surface area contributed by atoms with Gasteiger partial charge in [-0.3, -0.25) is 14.5 Å². The van der Waals surface area contributed by atoms with Crippen molar-refractivity contribution in [2.75, 3.05) is 18.1 Å². The highest BCUT2D eigenvalue weighted by Crippen LogP contribution is 2.33. The van der Waals surface area contributed by atoms with Crippen LogP contribution in [-0.4, -0.2) is 71.7 Å². The van der Waals surface area contributed by atoms with Crippen molar-refractivity contribution in [2.24, 2.45) is 0 Å². The molecule has 1 saturated carbocycles. The summed E-state index contributed by atoms with van der Waals surface area (Å²) >= 11 is 0. The predicted molar refractivity (Wildman–Crippen MR) is 99.7 cm³/mol. The second-order valence-corrected chi connectivity index (χ2v) is 10.3. The van der Waals surface area contributed by atoms with Crippen LogP contribution in [0.25, 0.3) is 0 Å². The van der Waals surface area contributed by atoms with Crippen LogP contribution in [0.2, 0.25) is 0 Å². The van der Waals surface area contributed by atoms with Crippen molar-refractivity contribution >= 4 is 27.7 Å². The Morgan fingerprint density at radius 3 is 2.52 bits per heavy atom. The summed E-state index contributed by atoms with van der Waals surface area (Å²) in [5, 5.41) is 2.81. The van der Waals surface area contributed by atoms with E-state index in [-0.39, 0.29) is 41.9 Å². The molecule has 1 spiro atoms. The molecule has 0 radical (unpaired) electrons. The maximum atomic E-state index is 13.0. The Bertz CT molecular complexity index is 729. The Hall–Kier alpha value is -1.64. The summed E-state index contributed by atoms with van der Waals surface area (Å²) in [6.45, 7) is 3.48. The number of rotatable bonds is 5. The number of nitrogens with one attached hydrogen (secondary N) is 1. The molecule has 0 unspecified atom stereocenters. The average Bonchev–Trinajstić information content (AvgIpc) is 3.08. The van der Waals surface area contributed by atoms with Crippen LogP contribution in [0.15, 0.2) is 0 Å². The van der Waals surface area contributed by atoms with E-state index in [1.165, 1.54) is 0 Å². The van der Waals surface area contributed by atoms with E-state index < -0.39 is 21.4 Å². The molecule has 3 fully saturated rings. The van der Waals surface area contributed by atoms with Gasteiger partial charge in [0, 0.05) is 12.1 Å². The number of amides is 4. The van der Waals surface area contributed by atoms with Gasteiger partial charge in [0.25, 0.3) is 5.91 Å². The molecule has 3 aliphatic rings. The van der Waals surface area contributed by atoms with Gasteiger partial charge < -0.3 is 10.2 Å². The first kappa shape index (κ1) is 20.1. The summed E-state index contributed by atoms with van der Waals surface area (Å²) in [6.07, 6.45) is 5.10. The minimum atomic E-state index is -3.14. The van der Waals surface area contributed by atoms with E-state index in [1.807, 2.05) is 13.8 Å². The second kappa shape index (κ2) is 7.41. The molecule has 1 N–H and O–H groups in total. The molecule has 0 aromatic heterocycles. The van der Waals surface area contributed by atoms with Crippen molar-refractivity contribution in [1.82, 2.24) is 15.1 Å². The minimum absolute atomic E-state index is 0.0485. The smallest absolute Gasteiger partial charge is 0.325 e. The summed E-state index contributed by atoms with van der Waals surface area (Å²) in [4.78, 5) is 40.9. The molecule has 27 heavy (non-hydrogen) atoms. The van der Waals surface area contributed by atoms with Gasteiger partial charge in [-0.15, -0.1) is 0 Å². The molecule has 2 heterocycles. The monoisotopic (exact) mass is 399 g/mol. The van der Waals surface area contributed by atoms with Crippen LogP contribution in [0.1, 0.15) is 58.8 Å². The number of urea groups is 1. The highest BCUT2D eigenvalue weighted by molar-refractivity contribution is 7.91. The topological polar surface area (TPSA) is 104 Å². The first-order chi connectivity index (χ1) is 12.7. The molecule has 3 rings (SSSR count). The Morgan fingerprint density at radius 1 is 1.30 bits per heavy atom. The highest BCUT2D eigenvalue weighted by atomic mass is 32.2. The molecule has 0 aromatic carbocycles. The lowest BCUT2D eigenvalue weighted by atomic mass is 9.82. The van der Waals surface area contributed by atoms with Crippen LogP contribution in [-0.2, 0) is 19.4 Å². The Balaban J connectivity index is 1.75. The number of hydrogen-bond acceptors (Lipinski definition) is 5. The van der Waals surface area contributed by atoms with Gasteiger partial charge >= 0.3 is 6.03 Å². The molecule has 2 atom stereocenters. The van der Waals surface area contributed by atoms with Gasteiger partial charge in [0.2, 0.25) is 5.91 Å². The van der Waals surface area contributed by atoms with E-state index in [9.17, 15) is 22.8 Å². The second-order valence-electron chi connectivity index (χ2n) is 8.08. The molecule has 2 aliphatic heterocycles. The van der Waals surface area contributed by atoms with Gasteiger partial charge in [-0.25, -0.2) is 13.2 Å². The molecule has 1 aliphatic carbocycles. The van der Waals surface area contributed by atoms with Crippen molar-refractivity contribution in [3.8, 4) is 0 Å². The molecule has 8 nitrogen and oxygen atoms in total. The molecular weight excluding hydrogens is 370 g/mol. The van der Waals surface area contributed by atoms with Gasteiger partial charge in [0.1, 0.15) is 12.1 Å². The van der Waals surface area contributed by atoms with Gasteiger partial charge in [0.05, 0.1) is 11.5 Å². The fourth-order valence-corrected chi connectivity index (χ4v) is 6.24. The van der Waals surface area contributed by atoms with E-state index in [0.717, 1.165) is 24.2 Å². The van der Waals surface area contributed by atoms with Gasteiger partial charge in [-0.05, 0) is 32.6 Å². The molecular formula is C18H29N3O5S. The predicted octanol–water partition coefficient (Wildman–Crippen LogP) is 1.06. The summed E-state index contributed by atoms with van der Waals surface area (Å²) in [5.41, 5.74) is -0.854. The lowest BCUT2D eigenvalue weighted by Gasteiger charge is -2.35. The van der Waals surface area contributed by atoms with Crippen LogP contribution < -0.4 is 5.32 Å². The molecule has 2 saturated heterocycles. The maximum Gasteiger partial charge on any atom is 0.325 e. The third-order valence-corrected chi connectivity index (χ3v) is 7.95. The van der Waals surface area contributed by atoms with Crippen molar-refractivity contribution in [1.29, 1.82) is 0 Å². The number of carbonyl (C=O) groups excluding carboxylic acids is 3. The standard InChI is InChI=1S/C18H29N3O5S/c1-3-13(2)21(14-7-10-27(25,26)12-14)15(22)11-20-16(23)18(19-17(20)24)8-5-4-6-9-18/h13-14H,3-12H2,1-2H3,(H,19,24)/t13-,14-/m1/s1. The zero-order valence-corrected chi connectivity index (χ0v) is 16.9. The van der Waals surface area contributed by atoms with Crippen LogP contribution in [0.4, 0.5) is 4.79 Å². The highest BCUT2D eigenvalue weighted by Gasteiger charge is 2.52. The third kappa shape index (κ3) is 3.83. The Kier molecular flexibility index (Phi) is 5.52. The van der Waals surface area contributed by atoms with Gasteiger partial charge in [-0.1, -0.05) is 26.2 Å². The molecule has 9 heteroatoms. The van der Waals surface area contributed by atoms with Gasteiger partial charge in [0.15, 0.2) is 9.84 Å². The number of sulfone groups is 1. The first-order valence-corrected chi connectivity index (χ1v) is 11.7. The zero-order chi connectivity index (χ0) is 19.8. The van der Waals surface area contributed by atoms with E-state index >= 15 is 0 Å². The fraction of sp³-hybridized carbons (Fsp3) is 0.833. The van der Waals surface area contributed by atoms with E-state index in [2.05, 4.69) is 5.32 Å². The Morgan fingerprint density at radius 2 is 1.96 bits per heavy atom. The van der Waals surface area contributed by atoms with E-state index in [0.29, 0.717) is 25.7 Å². The lowest BCUT2D eigenvalue weighted by molar-refractivity contribution is -0.142. The number of hydrogen-bond donors (Lipinski definition) is 1. The van der Waals surface area contributed by atoms with E-state index in [4.69, 9.17) is 0 Å². The molecule has 0 aromatic rings. The van der Waals surface area contributed by atoms with Gasteiger partial charge in [-0.2, -0.15) is 0 Å². The zero-order valence-electron chi connectivity index (χ0n) is 16.1. The summed E-state index contributed by atoms with van der Waals surface area (Å²) in [7, 11) is -3.14. The Labute approximate surface area is 160 Å². The van der Waals surface area contributed by atoms with Crippen LogP contribution in [0, 0.1) is 0 Å².